The summed E-state index contributed by atoms with van der Waals surface area (Å²) in [6.45, 7) is 5.00. The van der Waals surface area contributed by atoms with Crippen LogP contribution in [-0.4, -0.2) is 54.7 Å². The van der Waals surface area contributed by atoms with Crippen LogP contribution in [0.25, 0.3) is 0 Å². The number of carbonyl (C=O) groups is 2. The second kappa shape index (κ2) is 9.66. The number of carboxylic acid groups (broad SMARTS) is 2. The topological polar surface area (TPSA) is 99.1 Å². The van der Waals surface area contributed by atoms with Gasteiger partial charge in [-0.1, -0.05) is 18.2 Å². The Morgan fingerprint density at radius 3 is 2.23 bits per heavy atom. The molecule has 0 radical (unpaired) electrons. The van der Waals surface area contributed by atoms with E-state index >= 15 is 0 Å². The van der Waals surface area contributed by atoms with Crippen molar-refractivity contribution in [3.8, 4) is 5.75 Å². The maximum atomic E-state index is 12.0. The number of carboxylic acids is 2. The summed E-state index contributed by atoms with van der Waals surface area (Å²) in [7, 11) is 0. The summed E-state index contributed by atoms with van der Waals surface area (Å²) < 4.78 is 39.7. The van der Waals surface area contributed by atoms with Crippen LogP contribution in [0.1, 0.15) is 13.3 Å². The molecule has 1 atom stereocenters. The predicted octanol–water partition coefficient (Wildman–Crippen LogP) is 3.04. The number of piperazine rings is 1. The first-order valence-corrected chi connectivity index (χ1v) is 9.17. The van der Waals surface area contributed by atoms with E-state index < -0.39 is 23.7 Å². The molecule has 0 aromatic heterocycles. The number of hydrogen-bond donors (Lipinski definition) is 3. The molecule has 3 rings (SSSR count). The Balaban J connectivity index is 0.000000222. The molecule has 2 aliphatic rings. The fourth-order valence-electron chi connectivity index (χ4n) is 2.97. The number of rotatable bonds is 4. The maximum absolute atomic E-state index is 12.0. The van der Waals surface area contributed by atoms with Crippen LogP contribution in [-0.2, 0) is 9.59 Å². The number of aliphatic carboxylic acids is 2. The van der Waals surface area contributed by atoms with Gasteiger partial charge in [0.25, 0.3) is 0 Å². The van der Waals surface area contributed by atoms with Crippen molar-refractivity contribution >= 4 is 17.6 Å². The number of ether oxygens (including phenoxy) is 1. The number of nitrogens with zero attached hydrogens (tertiary/aromatic N) is 1. The predicted molar refractivity (Wildman–Crippen MR) is 103 cm³/mol. The Morgan fingerprint density at radius 1 is 1.13 bits per heavy atom. The summed E-state index contributed by atoms with van der Waals surface area (Å²) in [4.78, 5) is 23.5. The zero-order valence-corrected chi connectivity index (χ0v) is 16.3. The van der Waals surface area contributed by atoms with Crippen LogP contribution in [0.15, 0.2) is 48.1 Å². The highest BCUT2D eigenvalue weighted by Crippen LogP contribution is 2.31. The molecule has 164 valence electrons. The van der Waals surface area contributed by atoms with Gasteiger partial charge in [0, 0.05) is 37.4 Å². The van der Waals surface area contributed by atoms with Crippen LogP contribution in [0.5, 0.6) is 5.75 Å². The molecule has 0 saturated carbocycles. The standard InChI is InChI=1S/C11H13F3N2O.C9H10O4/c12-11(13,14)17-10-3-1-9(2-4-10)16-7-5-15-6-8-16;1-9(8(12)13)4-2-3-6(5-9)7(10)11/h1-4,15H,5-8H2;2-4H,5H2,1H3,(H,10,11)(H,12,13). The van der Waals surface area contributed by atoms with Crippen LogP contribution in [0, 0.1) is 5.41 Å². The number of benzene rings is 1. The molecular formula is C20H23F3N2O5. The first-order valence-electron chi connectivity index (χ1n) is 9.17. The highest BCUT2D eigenvalue weighted by molar-refractivity contribution is 5.90. The molecule has 7 nitrogen and oxygen atoms in total. The van der Waals surface area contributed by atoms with E-state index in [1.54, 1.807) is 12.1 Å². The molecule has 1 fully saturated rings. The molecule has 1 saturated heterocycles. The van der Waals surface area contributed by atoms with E-state index in [-0.39, 0.29) is 17.7 Å². The molecular weight excluding hydrogens is 405 g/mol. The number of allylic oxidation sites excluding steroid dienone is 2. The lowest BCUT2D eigenvalue weighted by Crippen LogP contribution is -2.43. The second-order valence-corrected chi connectivity index (χ2v) is 7.03. The summed E-state index contributed by atoms with van der Waals surface area (Å²) in [6.07, 6.45) is -0.194. The third-order valence-electron chi connectivity index (χ3n) is 4.63. The van der Waals surface area contributed by atoms with E-state index in [2.05, 4.69) is 15.0 Å². The molecule has 1 aromatic carbocycles. The molecule has 10 heteroatoms. The van der Waals surface area contributed by atoms with E-state index in [1.807, 2.05) is 0 Å². The molecule has 1 unspecified atom stereocenters. The molecule has 3 N–H and O–H groups in total. The van der Waals surface area contributed by atoms with E-state index in [4.69, 9.17) is 10.2 Å². The summed E-state index contributed by atoms with van der Waals surface area (Å²) in [6, 6.07) is 5.97. The summed E-state index contributed by atoms with van der Waals surface area (Å²) in [5.74, 6) is -2.25. The van der Waals surface area contributed by atoms with Crippen LogP contribution in [0.3, 0.4) is 0 Å². The van der Waals surface area contributed by atoms with Gasteiger partial charge in [-0.05, 0) is 37.6 Å². The summed E-state index contributed by atoms with van der Waals surface area (Å²) in [5, 5.41) is 20.7. The molecule has 30 heavy (non-hydrogen) atoms. The maximum Gasteiger partial charge on any atom is 0.573 e. The van der Waals surface area contributed by atoms with E-state index in [1.165, 1.54) is 37.3 Å². The highest BCUT2D eigenvalue weighted by Gasteiger charge is 2.34. The molecule has 1 heterocycles. The average molecular weight is 428 g/mol. The number of hydrogen-bond acceptors (Lipinski definition) is 5. The molecule has 0 amide bonds. The fourth-order valence-corrected chi connectivity index (χ4v) is 2.97. The average Bonchev–Trinajstić information content (AvgIpc) is 2.68. The third kappa shape index (κ3) is 6.80. The van der Waals surface area contributed by atoms with Crippen LogP contribution in [0.4, 0.5) is 18.9 Å². The van der Waals surface area contributed by atoms with Crippen molar-refractivity contribution < 1.29 is 37.7 Å². The SMILES string of the molecule is CC1(C(=O)O)C=CC=C(C(=O)O)C1.FC(F)(F)Oc1ccc(N2CCNCC2)cc1. The quantitative estimate of drug-likeness (QED) is 0.678. The van der Waals surface area contributed by atoms with E-state index in [9.17, 15) is 22.8 Å². The molecule has 1 aliphatic carbocycles. The van der Waals surface area contributed by atoms with Gasteiger partial charge in [-0.2, -0.15) is 0 Å². The van der Waals surface area contributed by atoms with Crippen molar-refractivity contribution in [1.29, 1.82) is 0 Å². The Bertz CT molecular complexity index is 815. The van der Waals surface area contributed by atoms with Crippen molar-refractivity contribution in [2.75, 3.05) is 31.1 Å². The Hall–Kier alpha value is -3.01. The fraction of sp³-hybridized carbons (Fsp3) is 0.400. The van der Waals surface area contributed by atoms with Crippen LogP contribution >= 0.6 is 0 Å². The second-order valence-electron chi connectivity index (χ2n) is 7.03. The third-order valence-corrected chi connectivity index (χ3v) is 4.63. The van der Waals surface area contributed by atoms with Crippen LogP contribution in [0.2, 0.25) is 0 Å². The largest absolute Gasteiger partial charge is 0.573 e. The van der Waals surface area contributed by atoms with Crippen molar-refractivity contribution in [3.63, 3.8) is 0 Å². The molecule has 0 spiro atoms. The minimum absolute atomic E-state index is 0.0359. The zero-order chi connectivity index (χ0) is 22.4. The van der Waals surface area contributed by atoms with Gasteiger partial charge in [0.15, 0.2) is 0 Å². The van der Waals surface area contributed by atoms with Gasteiger partial charge in [-0.25, -0.2) is 4.79 Å². The minimum Gasteiger partial charge on any atom is -0.481 e. The Kier molecular flexibility index (Phi) is 7.49. The van der Waals surface area contributed by atoms with Gasteiger partial charge in [0.2, 0.25) is 0 Å². The normalized spacial score (nSPS) is 21.2. The summed E-state index contributed by atoms with van der Waals surface area (Å²) in [5.41, 5.74) is -0.0314. The van der Waals surface area contributed by atoms with Crippen molar-refractivity contribution in [3.05, 3.63) is 48.1 Å². The molecule has 0 bridgehead atoms. The van der Waals surface area contributed by atoms with Gasteiger partial charge >= 0.3 is 18.3 Å². The van der Waals surface area contributed by atoms with Crippen molar-refractivity contribution in [2.45, 2.75) is 19.7 Å². The zero-order valence-electron chi connectivity index (χ0n) is 16.3. The lowest BCUT2D eigenvalue weighted by molar-refractivity contribution is -0.274. The lowest BCUT2D eigenvalue weighted by Gasteiger charge is -2.29. The van der Waals surface area contributed by atoms with Crippen molar-refractivity contribution in [2.24, 2.45) is 5.41 Å². The lowest BCUT2D eigenvalue weighted by atomic mass is 9.80. The number of anilines is 1. The smallest absolute Gasteiger partial charge is 0.481 e. The van der Waals surface area contributed by atoms with Gasteiger partial charge in [-0.15, -0.1) is 13.2 Å². The van der Waals surface area contributed by atoms with Gasteiger partial charge < -0.3 is 25.2 Å². The molecule has 1 aliphatic heterocycles. The Morgan fingerprint density at radius 2 is 1.73 bits per heavy atom. The van der Waals surface area contributed by atoms with Crippen molar-refractivity contribution in [1.82, 2.24) is 5.32 Å². The number of alkyl halides is 3. The minimum atomic E-state index is -4.63. The monoisotopic (exact) mass is 428 g/mol. The van der Waals surface area contributed by atoms with Gasteiger partial charge in [-0.3, -0.25) is 4.79 Å². The molecule has 1 aromatic rings. The number of halogens is 3. The Labute approximate surface area is 171 Å². The van der Waals surface area contributed by atoms with E-state index in [0.717, 1.165) is 31.9 Å². The van der Waals surface area contributed by atoms with E-state index in [0.29, 0.717) is 0 Å². The highest BCUT2D eigenvalue weighted by atomic mass is 19.4. The first kappa shape index (κ1) is 23.3. The first-order chi connectivity index (χ1) is 14.0. The van der Waals surface area contributed by atoms with Crippen LogP contribution < -0.4 is 15.0 Å². The van der Waals surface area contributed by atoms with Gasteiger partial charge in [0.05, 0.1) is 5.41 Å². The van der Waals surface area contributed by atoms with Gasteiger partial charge in [0.1, 0.15) is 5.75 Å². The number of nitrogens with one attached hydrogen (secondary N) is 1. The summed E-state index contributed by atoms with van der Waals surface area (Å²) >= 11 is 0.